The van der Waals surface area contributed by atoms with Gasteiger partial charge in [0.2, 0.25) is 0 Å². The molecule has 2 aromatic heterocycles. The van der Waals surface area contributed by atoms with E-state index in [1.54, 1.807) is 66.6 Å². The van der Waals surface area contributed by atoms with Crippen molar-refractivity contribution in [1.29, 1.82) is 0 Å². The van der Waals surface area contributed by atoms with Gasteiger partial charge in [0.1, 0.15) is 5.60 Å². The van der Waals surface area contributed by atoms with Gasteiger partial charge in [0.15, 0.2) is 0 Å². The fourth-order valence-electron chi connectivity index (χ4n) is 3.28. The third-order valence-electron chi connectivity index (χ3n) is 4.48. The van der Waals surface area contributed by atoms with Crippen LogP contribution in [0, 0.1) is 0 Å². The summed E-state index contributed by atoms with van der Waals surface area (Å²) in [5.74, 6) is 0. The number of hydrogen-bond donors (Lipinski definition) is 1. The number of halogens is 1. The lowest BCUT2D eigenvalue weighted by atomic mass is 10.2. The number of pyridine rings is 1. The molecule has 0 unspecified atom stereocenters. The van der Waals surface area contributed by atoms with Gasteiger partial charge in [0.25, 0.3) is 0 Å². The minimum Gasteiger partial charge on any atom is -0.444 e. The van der Waals surface area contributed by atoms with Gasteiger partial charge in [-0.05, 0) is 69.3 Å². The maximum absolute atomic E-state index is 13.5. The van der Waals surface area contributed by atoms with Crippen LogP contribution in [0.15, 0.2) is 76.3 Å². The molecule has 1 N–H and O–H groups in total. The molecule has 0 saturated carbocycles. The molecule has 0 radical (unpaired) electrons. The fraction of sp³-hybridized carbons (Fsp3) is 0.174. The third-order valence-corrected chi connectivity index (χ3v) is 5.01. The summed E-state index contributed by atoms with van der Waals surface area (Å²) < 4.78 is 9.45. The molecule has 7 nitrogen and oxygen atoms in total. The van der Waals surface area contributed by atoms with Crippen LogP contribution in [0.3, 0.4) is 0 Å². The van der Waals surface area contributed by atoms with Crippen LogP contribution >= 0.6 is 15.9 Å². The number of anilines is 1. The number of hydrogen-bond acceptors (Lipinski definition) is 4. The highest BCUT2D eigenvalue weighted by molar-refractivity contribution is 9.10. The van der Waals surface area contributed by atoms with Crippen molar-refractivity contribution in [2.75, 3.05) is 5.32 Å². The summed E-state index contributed by atoms with van der Waals surface area (Å²) >= 11 is 3.42. The Labute approximate surface area is 187 Å². The maximum Gasteiger partial charge on any atom is 0.412 e. The molecule has 0 aliphatic rings. The Hall–Kier alpha value is -3.39. The van der Waals surface area contributed by atoms with E-state index >= 15 is 0 Å². The van der Waals surface area contributed by atoms with E-state index in [-0.39, 0.29) is 5.69 Å². The molecule has 158 valence electrons. The van der Waals surface area contributed by atoms with Gasteiger partial charge in [-0.15, -0.1) is 0 Å². The molecule has 0 aliphatic carbocycles. The SMILES string of the molecule is CC(C)(C)OC(=O)Nc1cccc(-n2c(=O)n(-c3ccc(Br)cc3)c3cnccc32)c1. The van der Waals surface area contributed by atoms with Gasteiger partial charge in [0.05, 0.1) is 28.6 Å². The number of amides is 1. The van der Waals surface area contributed by atoms with Crippen molar-refractivity contribution in [3.05, 3.63) is 81.9 Å². The van der Waals surface area contributed by atoms with Crippen LogP contribution in [0.25, 0.3) is 22.4 Å². The first kappa shape index (κ1) is 20.9. The number of benzene rings is 2. The van der Waals surface area contributed by atoms with Gasteiger partial charge < -0.3 is 4.74 Å². The van der Waals surface area contributed by atoms with Gasteiger partial charge in [-0.25, -0.2) is 9.59 Å². The molecule has 0 fully saturated rings. The predicted molar refractivity (Wildman–Crippen MR) is 124 cm³/mol. The number of carbonyl (C=O) groups is 1. The van der Waals surface area contributed by atoms with Crippen molar-refractivity contribution in [2.45, 2.75) is 26.4 Å². The second-order valence-corrected chi connectivity index (χ2v) is 8.89. The zero-order valence-corrected chi connectivity index (χ0v) is 18.9. The number of nitrogens with one attached hydrogen (secondary N) is 1. The second kappa shape index (κ2) is 8.03. The largest absolute Gasteiger partial charge is 0.444 e. The molecule has 0 atom stereocenters. The molecule has 0 saturated heterocycles. The van der Waals surface area contributed by atoms with Crippen molar-refractivity contribution in [1.82, 2.24) is 14.1 Å². The lowest BCUT2D eigenvalue weighted by molar-refractivity contribution is 0.0636. The standard InChI is InChI=1S/C23H21BrN4O3/c1-23(2,3)31-21(29)26-16-5-4-6-18(13-16)28-19-11-12-25-14-20(19)27(22(28)30)17-9-7-15(24)8-10-17/h4-14H,1-3H3,(H,26,29). The Morgan fingerprint density at radius 1 is 1.00 bits per heavy atom. The zero-order valence-electron chi connectivity index (χ0n) is 17.3. The molecule has 2 heterocycles. The predicted octanol–water partition coefficient (Wildman–Crippen LogP) is 5.29. The van der Waals surface area contributed by atoms with Gasteiger partial charge in [0, 0.05) is 16.4 Å². The average molecular weight is 481 g/mol. The van der Waals surface area contributed by atoms with Crippen LogP contribution in [-0.4, -0.2) is 25.8 Å². The van der Waals surface area contributed by atoms with E-state index in [1.165, 1.54) is 0 Å². The molecule has 0 spiro atoms. The number of fused-ring (bicyclic) bond motifs is 1. The monoisotopic (exact) mass is 480 g/mol. The van der Waals surface area contributed by atoms with Crippen LogP contribution < -0.4 is 11.0 Å². The van der Waals surface area contributed by atoms with Crippen LogP contribution in [0.1, 0.15) is 20.8 Å². The molecule has 31 heavy (non-hydrogen) atoms. The lowest BCUT2D eigenvalue weighted by Crippen LogP contribution is -2.27. The molecular formula is C23H21BrN4O3. The molecule has 8 heteroatoms. The first-order chi connectivity index (χ1) is 14.7. The van der Waals surface area contributed by atoms with Crippen molar-refractivity contribution in [3.63, 3.8) is 0 Å². The number of ether oxygens (including phenoxy) is 1. The van der Waals surface area contributed by atoms with E-state index in [2.05, 4.69) is 26.2 Å². The minimum absolute atomic E-state index is 0.236. The second-order valence-electron chi connectivity index (χ2n) is 7.97. The summed E-state index contributed by atoms with van der Waals surface area (Å²) in [4.78, 5) is 29.8. The third kappa shape index (κ3) is 4.39. The van der Waals surface area contributed by atoms with E-state index in [0.29, 0.717) is 22.4 Å². The number of imidazole rings is 1. The van der Waals surface area contributed by atoms with Crippen LogP contribution in [0.5, 0.6) is 0 Å². The van der Waals surface area contributed by atoms with E-state index < -0.39 is 11.7 Å². The zero-order chi connectivity index (χ0) is 22.2. The quantitative estimate of drug-likeness (QED) is 0.432. The Kier molecular flexibility index (Phi) is 5.41. The van der Waals surface area contributed by atoms with Crippen LogP contribution in [0.4, 0.5) is 10.5 Å². The molecule has 4 rings (SSSR count). The van der Waals surface area contributed by atoms with Crippen molar-refractivity contribution in [3.8, 4) is 11.4 Å². The van der Waals surface area contributed by atoms with Crippen molar-refractivity contribution in [2.24, 2.45) is 0 Å². The maximum atomic E-state index is 13.5. The topological polar surface area (TPSA) is 78.1 Å². The Bertz CT molecular complexity index is 1320. The minimum atomic E-state index is -0.607. The van der Waals surface area contributed by atoms with Gasteiger partial charge in [-0.2, -0.15) is 0 Å². The van der Waals surface area contributed by atoms with Crippen molar-refractivity contribution < 1.29 is 9.53 Å². The summed E-state index contributed by atoms with van der Waals surface area (Å²) in [5.41, 5.74) is 2.41. The van der Waals surface area contributed by atoms with E-state index in [4.69, 9.17) is 4.74 Å². The number of nitrogens with zero attached hydrogens (tertiary/aromatic N) is 3. The van der Waals surface area contributed by atoms with Crippen molar-refractivity contribution >= 4 is 38.7 Å². The molecule has 4 aromatic rings. The highest BCUT2D eigenvalue weighted by atomic mass is 79.9. The first-order valence-corrected chi connectivity index (χ1v) is 10.5. The summed E-state index contributed by atoms with van der Waals surface area (Å²) in [5, 5.41) is 2.72. The van der Waals surface area contributed by atoms with Crippen LogP contribution in [-0.2, 0) is 4.74 Å². The number of aromatic nitrogens is 3. The lowest BCUT2D eigenvalue weighted by Gasteiger charge is -2.19. The van der Waals surface area contributed by atoms with Gasteiger partial charge in [-0.3, -0.25) is 19.4 Å². The highest BCUT2D eigenvalue weighted by Gasteiger charge is 2.18. The van der Waals surface area contributed by atoms with E-state index in [1.807, 2.05) is 30.3 Å². The van der Waals surface area contributed by atoms with Gasteiger partial charge >= 0.3 is 11.8 Å². The van der Waals surface area contributed by atoms with E-state index in [9.17, 15) is 9.59 Å². The highest BCUT2D eigenvalue weighted by Crippen LogP contribution is 2.23. The molecule has 0 aliphatic heterocycles. The summed E-state index contributed by atoms with van der Waals surface area (Å²) in [6, 6.07) is 16.3. The molecule has 1 amide bonds. The fourth-order valence-corrected chi connectivity index (χ4v) is 3.54. The number of rotatable bonds is 3. The first-order valence-electron chi connectivity index (χ1n) is 9.67. The summed E-state index contributed by atoms with van der Waals surface area (Å²) in [6.07, 6.45) is 2.75. The molecule has 0 bridgehead atoms. The molecular weight excluding hydrogens is 460 g/mol. The number of carbonyl (C=O) groups excluding carboxylic acids is 1. The molecule has 2 aromatic carbocycles. The Balaban J connectivity index is 1.81. The van der Waals surface area contributed by atoms with Gasteiger partial charge in [-0.1, -0.05) is 22.0 Å². The Morgan fingerprint density at radius 3 is 2.42 bits per heavy atom. The normalized spacial score (nSPS) is 11.5. The summed E-state index contributed by atoms with van der Waals surface area (Å²) in [7, 11) is 0. The Morgan fingerprint density at radius 2 is 1.71 bits per heavy atom. The average Bonchev–Trinajstić information content (AvgIpc) is 2.99. The summed E-state index contributed by atoms with van der Waals surface area (Å²) in [6.45, 7) is 5.40. The van der Waals surface area contributed by atoms with Crippen LogP contribution in [0.2, 0.25) is 0 Å². The smallest absolute Gasteiger partial charge is 0.412 e. The van der Waals surface area contributed by atoms with E-state index in [0.717, 1.165) is 10.2 Å².